The second-order valence-electron chi connectivity index (χ2n) is 4.25. The minimum absolute atomic E-state index is 0.170. The number of hydrogen-bond donors (Lipinski definition) is 1. The fourth-order valence-electron chi connectivity index (χ4n) is 2.16. The van der Waals surface area contributed by atoms with Crippen molar-refractivity contribution < 1.29 is 9.13 Å². The van der Waals surface area contributed by atoms with Gasteiger partial charge in [-0.2, -0.15) is 0 Å². The van der Waals surface area contributed by atoms with Crippen LogP contribution in [0.4, 0.5) is 4.39 Å². The molecule has 2 rings (SSSR count). The molecule has 0 amide bonds. The van der Waals surface area contributed by atoms with E-state index in [0.717, 1.165) is 25.0 Å². The maximum atomic E-state index is 11.9. The van der Waals surface area contributed by atoms with Gasteiger partial charge in [0.15, 0.2) is 0 Å². The van der Waals surface area contributed by atoms with Crippen LogP contribution in [0.5, 0.6) is 5.75 Å². The van der Waals surface area contributed by atoms with Crippen LogP contribution in [0, 0.1) is 0 Å². The molecule has 0 spiro atoms. The summed E-state index contributed by atoms with van der Waals surface area (Å²) in [6.45, 7) is 0.122. The molecule has 1 aromatic rings. The number of fused-ring (bicyclic) bond motifs is 1. The maximum absolute atomic E-state index is 11.9. The zero-order chi connectivity index (χ0) is 11.4. The van der Waals surface area contributed by atoms with E-state index >= 15 is 0 Å². The van der Waals surface area contributed by atoms with Crippen LogP contribution in [-0.4, -0.2) is 13.3 Å². The monoisotopic (exact) mass is 223 g/mol. The van der Waals surface area contributed by atoms with Crippen LogP contribution in [0.15, 0.2) is 18.2 Å². The SMILES string of the molecule is NC1CCCc2cc(OCCCF)ccc21. The molecule has 0 fully saturated rings. The number of alkyl halides is 1. The van der Waals surface area contributed by atoms with E-state index < -0.39 is 0 Å². The first-order chi connectivity index (χ1) is 7.81. The van der Waals surface area contributed by atoms with Crippen LogP contribution in [0.1, 0.15) is 36.4 Å². The summed E-state index contributed by atoms with van der Waals surface area (Å²) >= 11 is 0. The van der Waals surface area contributed by atoms with Gasteiger partial charge in [0.2, 0.25) is 0 Å². The minimum atomic E-state index is -0.324. The molecule has 1 aliphatic carbocycles. The molecule has 2 nitrogen and oxygen atoms in total. The van der Waals surface area contributed by atoms with Gasteiger partial charge in [0, 0.05) is 12.5 Å². The van der Waals surface area contributed by atoms with Crippen LogP contribution in [0.3, 0.4) is 0 Å². The average molecular weight is 223 g/mol. The van der Waals surface area contributed by atoms with Gasteiger partial charge in [-0.1, -0.05) is 6.07 Å². The fourth-order valence-corrected chi connectivity index (χ4v) is 2.16. The van der Waals surface area contributed by atoms with Gasteiger partial charge in [0.05, 0.1) is 13.3 Å². The molecule has 0 bridgehead atoms. The van der Waals surface area contributed by atoms with Gasteiger partial charge in [0.1, 0.15) is 5.75 Å². The molecule has 0 saturated heterocycles. The number of rotatable bonds is 4. The molecule has 1 atom stereocenters. The Kier molecular flexibility index (Phi) is 3.78. The Bertz CT molecular complexity index is 354. The molecular formula is C13H18FNO. The summed E-state index contributed by atoms with van der Waals surface area (Å²) in [6.07, 6.45) is 3.73. The predicted octanol–water partition coefficient (Wildman–Crippen LogP) is 2.76. The first kappa shape index (κ1) is 11.4. The Balaban J connectivity index is 2.06. The zero-order valence-electron chi connectivity index (χ0n) is 9.42. The quantitative estimate of drug-likeness (QED) is 0.796. The summed E-state index contributed by atoms with van der Waals surface area (Å²) in [5.41, 5.74) is 8.56. The van der Waals surface area contributed by atoms with Gasteiger partial charge in [-0.15, -0.1) is 0 Å². The molecule has 16 heavy (non-hydrogen) atoms. The lowest BCUT2D eigenvalue weighted by molar-refractivity contribution is 0.289. The number of aryl methyl sites for hydroxylation is 1. The number of hydrogen-bond acceptors (Lipinski definition) is 2. The first-order valence-electron chi connectivity index (χ1n) is 5.88. The molecule has 88 valence electrons. The van der Waals surface area contributed by atoms with Crippen molar-refractivity contribution in [1.29, 1.82) is 0 Å². The predicted molar refractivity (Wildman–Crippen MR) is 62.4 cm³/mol. The summed E-state index contributed by atoms with van der Waals surface area (Å²) < 4.78 is 17.4. The van der Waals surface area contributed by atoms with E-state index in [0.29, 0.717) is 13.0 Å². The van der Waals surface area contributed by atoms with E-state index in [4.69, 9.17) is 10.5 Å². The van der Waals surface area contributed by atoms with E-state index in [-0.39, 0.29) is 12.7 Å². The maximum Gasteiger partial charge on any atom is 0.119 e. The Morgan fingerprint density at radius 3 is 3.12 bits per heavy atom. The Labute approximate surface area is 95.6 Å². The molecule has 1 aliphatic rings. The van der Waals surface area contributed by atoms with E-state index in [1.807, 2.05) is 18.2 Å². The normalized spacial score (nSPS) is 19.2. The largest absolute Gasteiger partial charge is 0.493 e. The molecule has 0 aromatic heterocycles. The number of ether oxygens (including phenoxy) is 1. The topological polar surface area (TPSA) is 35.2 Å². The molecule has 0 aliphatic heterocycles. The summed E-state index contributed by atoms with van der Waals surface area (Å²) in [5.74, 6) is 0.835. The Morgan fingerprint density at radius 2 is 2.31 bits per heavy atom. The fraction of sp³-hybridized carbons (Fsp3) is 0.538. The highest BCUT2D eigenvalue weighted by Crippen LogP contribution is 2.30. The first-order valence-corrected chi connectivity index (χ1v) is 5.88. The minimum Gasteiger partial charge on any atom is -0.493 e. The van der Waals surface area contributed by atoms with Crippen molar-refractivity contribution in [2.45, 2.75) is 31.7 Å². The van der Waals surface area contributed by atoms with Crippen LogP contribution in [0.2, 0.25) is 0 Å². The van der Waals surface area contributed by atoms with Crippen molar-refractivity contribution in [3.63, 3.8) is 0 Å². The second-order valence-corrected chi connectivity index (χ2v) is 4.25. The molecule has 0 radical (unpaired) electrons. The van der Waals surface area contributed by atoms with Crippen molar-refractivity contribution in [2.24, 2.45) is 5.73 Å². The number of benzene rings is 1. The van der Waals surface area contributed by atoms with Gasteiger partial charge in [-0.05, 0) is 42.5 Å². The highest BCUT2D eigenvalue weighted by molar-refractivity contribution is 5.38. The molecule has 0 heterocycles. The van der Waals surface area contributed by atoms with E-state index in [9.17, 15) is 4.39 Å². The van der Waals surface area contributed by atoms with Crippen LogP contribution in [-0.2, 0) is 6.42 Å². The van der Waals surface area contributed by atoms with E-state index in [1.54, 1.807) is 0 Å². The van der Waals surface area contributed by atoms with Crippen LogP contribution >= 0.6 is 0 Å². The third-order valence-electron chi connectivity index (χ3n) is 3.02. The number of halogens is 1. The van der Waals surface area contributed by atoms with Crippen molar-refractivity contribution >= 4 is 0 Å². The van der Waals surface area contributed by atoms with Gasteiger partial charge < -0.3 is 10.5 Å². The van der Waals surface area contributed by atoms with Gasteiger partial charge >= 0.3 is 0 Å². The summed E-state index contributed by atoms with van der Waals surface area (Å²) in [5, 5.41) is 0. The molecule has 0 saturated carbocycles. The third kappa shape index (κ3) is 2.53. The Hall–Kier alpha value is -1.09. The molecule has 2 N–H and O–H groups in total. The van der Waals surface area contributed by atoms with Gasteiger partial charge in [-0.3, -0.25) is 4.39 Å². The summed E-state index contributed by atoms with van der Waals surface area (Å²) in [7, 11) is 0. The second kappa shape index (κ2) is 5.30. The van der Waals surface area contributed by atoms with E-state index in [1.165, 1.54) is 11.1 Å². The molecule has 1 unspecified atom stereocenters. The molecule has 3 heteroatoms. The Morgan fingerprint density at radius 1 is 1.44 bits per heavy atom. The van der Waals surface area contributed by atoms with Crippen LogP contribution < -0.4 is 10.5 Å². The lowest BCUT2D eigenvalue weighted by atomic mass is 9.88. The zero-order valence-corrected chi connectivity index (χ0v) is 9.42. The van der Waals surface area contributed by atoms with Gasteiger partial charge in [0.25, 0.3) is 0 Å². The van der Waals surface area contributed by atoms with Gasteiger partial charge in [-0.25, -0.2) is 0 Å². The lowest BCUT2D eigenvalue weighted by Gasteiger charge is -2.22. The molecule has 1 aromatic carbocycles. The highest BCUT2D eigenvalue weighted by Gasteiger charge is 2.16. The lowest BCUT2D eigenvalue weighted by Crippen LogP contribution is -2.17. The third-order valence-corrected chi connectivity index (χ3v) is 3.02. The van der Waals surface area contributed by atoms with Crippen molar-refractivity contribution in [2.75, 3.05) is 13.3 Å². The standard InChI is InChI=1S/C13H18FNO/c14-7-2-8-16-11-5-6-12-10(9-11)3-1-4-13(12)15/h5-6,9,13H,1-4,7-8,15H2. The smallest absolute Gasteiger partial charge is 0.119 e. The summed E-state index contributed by atoms with van der Waals surface area (Å²) in [6, 6.07) is 6.20. The van der Waals surface area contributed by atoms with Crippen LogP contribution in [0.25, 0.3) is 0 Å². The number of nitrogens with two attached hydrogens (primary N) is 1. The van der Waals surface area contributed by atoms with Crippen molar-refractivity contribution in [3.8, 4) is 5.75 Å². The van der Waals surface area contributed by atoms with E-state index in [2.05, 4.69) is 0 Å². The average Bonchev–Trinajstić information content (AvgIpc) is 2.30. The summed E-state index contributed by atoms with van der Waals surface area (Å²) in [4.78, 5) is 0. The van der Waals surface area contributed by atoms with Crippen molar-refractivity contribution in [3.05, 3.63) is 29.3 Å². The highest BCUT2D eigenvalue weighted by atomic mass is 19.1. The molecular weight excluding hydrogens is 205 g/mol. The van der Waals surface area contributed by atoms with Crippen molar-refractivity contribution in [1.82, 2.24) is 0 Å².